The zero-order valence-corrected chi connectivity index (χ0v) is 10.3. The molecule has 3 rings (SSSR count). The van der Waals surface area contributed by atoms with Crippen LogP contribution in [-0.4, -0.2) is 0 Å². The summed E-state index contributed by atoms with van der Waals surface area (Å²) in [6.45, 7) is 0. The molecule has 1 aliphatic rings. The van der Waals surface area contributed by atoms with Gasteiger partial charge in [-0.25, -0.2) is 0 Å². The van der Waals surface area contributed by atoms with Crippen LogP contribution < -0.4 is 0 Å². The minimum absolute atomic E-state index is 0.497. The Morgan fingerprint density at radius 3 is 2.59 bits per heavy atom. The molecule has 0 atom stereocenters. The average Bonchev–Trinajstić information content (AvgIpc) is 3.09. The summed E-state index contributed by atoms with van der Waals surface area (Å²) in [5, 5.41) is 10.9. The van der Waals surface area contributed by atoms with Crippen molar-refractivity contribution in [3.05, 3.63) is 46.2 Å². The van der Waals surface area contributed by atoms with Gasteiger partial charge in [0.1, 0.15) is 0 Å². The van der Waals surface area contributed by atoms with Crippen molar-refractivity contribution < 1.29 is 0 Å². The lowest BCUT2D eigenvalue weighted by Gasteiger charge is -1.99. The summed E-state index contributed by atoms with van der Waals surface area (Å²) in [6, 6.07) is 12.8. The Bertz CT molecular complexity index is 555. The summed E-state index contributed by atoms with van der Waals surface area (Å²) in [6.07, 6.45) is 3.22. The lowest BCUT2D eigenvalue weighted by atomic mass is 10.1. The molecule has 2 aromatic rings. The van der Waals surface area contributed by atoms with E-state index in [2.05, 4.69) is 29.6 Å². The predicted molar refractivity (Wildman–Crippen MR) is 71.0 cm³/mol. The molecule has 0 N–H and O–H groups in total. The Balaban J connectivity index is 1.84. The van der Waals surface area contributed by atoms with Gasteiger partial charge in [0.05, 0.1) is 12.5 Å². The first-order chi connectivity index (χ1) is 8.36. The summed E-state index contributed by atoms with van der Waals surface area (Å²) in [7, 11) is 0. The van der Waals surface area contributed by atoms with Gasteiger partial charge in [0, 0.05) is 4.88 Å². The number of rotatable bonds is 3. The van der Waals surface area contributed by atoms with Crippen LogP contribution in [0.1, 0.15) is 29.2 Å². The second-order valence-corrected chi connectivity index (χ2v) is 5.49. The zero-order chi connectivity index (χ0) is 11.7. The van der Waals surface area contributed by atoms with E-state index in [1.165, 1.54) is 28.8 Å². The molecule has 84 valence electrons. The Kier molecular flexibility index (Phi) is 2.70. The normalized spacial score (nSPS) is 14.5. The number of nitrogens with zero attached hydrogens (tertiary/aromatic N) is 1. The first-order valence-electron chi connectivity index (χ1n) is 5.91. The van der Waals surface area contributed by atoms with Gasteiger partial charge in [0.15, 0.2) is 0 Å². The number of thiophene rings is 1. The van der Waals surface area contributed by atoms with Gasteiger partial charge < -0.3 is 0 Å². The van der Waals surface area contributed by atoms with E-state index in [9.17, 15) is 0 Å². The molecule has 0 amide bonds. The molecule has 0 aliphatic heterocycles. The topological polar surface area (TPSA) is 23.8 Å². The maximum Gasteiger partial charge on any atom is 0.0669 e. The maximum absolute atomic E-state index is 8.63. The van der Waals surface area contributed by atoms with Crippen LogP contribution in [0.3, 0.4) is 0 Å². The van der Waals surface area contributed by atoms with Crippen LogP contribution in [0.5, 0.6) is 0 Å². The highest BCUT2D eigenvalue weighted by molar-refractivity contribution is 7.10. The third kappa shape index (κ3) is 2.25. The lowest BCUT2D eigenvalue weighted by Crippen LogP contribution is -1.81. The molecular formula is C15H13NS. The van der Waals surface area contributed by atoms with Crippen LogP contribution in [-0.2, 0) is 6.42 Å². The van der Waals surface area contributed by atoms with Crippen molar-refractivity contribution in [2.45, 2.75) is 25.2 Å². The van der Waals surface area contributed by atoms with Gasteiger partial charge in [-0.05, 0) is 46.9 Å². The highest BCUT2D eigenvalue weighted by Crippen LogP contribution is 2.44. The van der Waals surface area contributed by atoms with Crippen molar-refractivity contribution in [2.24, 2.45) is 0 Å². The van der Waals surface area contributed by atoms with Crippen molar-refractivity contribution in [3.8, 4) is 17.2 Å². The molecule has 1 nitrogen and oxygen atoms in total. The van der Waals surface area contributed by atoms with Crippen LogP contribution in [0.25, 0.3) is 11.1 Å². The molecule has 1 heterocycles. The van der Waals surface area contributed by atoms with Crippen molar-refractivity contribution in [1.29, 1.82) is 5.26 Å². The van der Waals surface area contributed by atoms with Crippen molar-refractivity contribution in [3.63, 3.8) is 0 Å². The number of hydrogen-bond acceptors (Lipinski definition) is 2. The molecule has 0 unspecified atom stereocenters. The molecule has 0 bridgehead atoms. The number of nitriles is 1. The predicted octanol–water partition coefficient (Wildman–Crippen LogP) is 4.36. The van der Waals surface area contributed by atoms with Gasteiger partial charge >= 0.3 is 0 Å². The largest absolute Gasteiger partial charge is 0.198 e. The Labute approximate surface area is 105 Å². The van der Waals surface area contributed by atoms with Crippen LogP contribution >= 0.6 is 11.3 Å². The molecule has 1 saturated carbocycles. The van der Waals surface area contributed by atoms with Crippen LogP contribution in [0, 0.1) is 11.3 Å². The Morgan fingerprint density at radius 2 is 1.94 bits per heavy atom. The van der Waals surface area contributed by atoms with E-state index in [0.717, 1.165) is 11.5 Å². The van der Waals surface area contributed by atoms with E-state index in [-0.39, 0.29) is 0 Å². The molecule has 0 spiro atoms. The molecule has 1 fully saturated rings. The Hall–Kier alpha value is -1.59. The van der Waals surface area contributed by atoms with Crippen LogP contribution in [0.2, 0.25) is 0 Å². The summed E-state index contributed by atoms with van der Waals surface area (Å²) >= 11 is 1.88. The lowest BCUT2D eigenvalue weighted by molar-refractivity contribution is 1.18. The smallest absolute Gasteiger partial charge is 0.0669 e. The third-order valence-corrected chi connectivity index (χ3v) is 4.27. The molecule has 1 aliphatic carbocycles. The second kappa shape index (κ2) is 4.35. The van der Waals surface area contributed by atoms with E-state index in [1.807, 2.05) is 23.5 Å². The third-order valence-electron chi connectivity index (χ3n) is 3.17. The number of benzene rings is 1. The fourth-order valence-corrected chi connectivity index (χ4v) is 3.08. The van der Waals surface area contributed by atoms with E-state index < -0.39 is 0 Å². The standard InChI is InChI=1S/C15H13NS/c16-8-7-11-1-3-12(4-2-11)14-9-15(17-10-14)13-5-6-13/h1-4,9-10,13H,5-7H2. The summed E-state index contributed by atoms with van der Waals surface area (Å²) in [5.74, 6) is 0.839. The molecule has 0 radical (unpaired) electrons. The fourth-order valence-electron chi connectivity index (χ4n) is 1.99. The van der Waals surface area contributed by atoms with Crippen LogP contribution in [0.4, 0.5) is 0 Å². The Morgan fingerprint density at radius 1 is 1.18 bits per heavy atom. The number of hydrogen-bond donors (Lipinski definition) is 0. The average molecular weight is 239 g/mol. The van der Waals surface area contributed by atoms with Crippen LogP contribution in [0.15, 0.2) is 35.7 Å². The van der Waals surface area contributed by atoms with Gasteiger partial charge in [-0.15, -0.1) is 11.3 Å². The van der Waals surface area contributed by atoms with Gasteiger partial charge in [0.2, 0.25) is 0 Å². The minimum atomic E-state index is 0.497. The highest BCUT2D eigenvalue weighted by Gasteiger charge is 2.24. The fraction of sp³-hybridized carbons (Fsp3) is 0.267. The second-order valence-electron chi connectivity index (χ2n) is 4.54. The molecule has 0 saturated heterocycles. The van der Waals surface area contributed by atoms with E-state index in [0.29, 0.717) is 6.42 Å². The maximum atomic E-state index is 8.63. The summed E-state index contributed by atoms with van der Waals surface area (Å²) in [5.41, 5.74) is 3.67. The minimum Gasteiger partial charge on any atom is -0.198 e. The van der Waals surface area contributed by atoms with E-state index >= 15 is 0 Å². The summed E-state index contributed by atoms with van der Waals surface area (Å²) < 4.78 is 0. The first-order valence-corrected chi connectivity index (χ1v) is 6.79. The van der Waals surface area contributed by atoms with E-state index in [1.54, 1.807) is 0 Å². The molecule has 17 heavy (non-hydrogen) atoms. The first kappa shape index (κ1) is 10.6. The molecule has 2 heteroatoms. The molecular weight excluding hydrogens is 226 g/mol. The van der Waals surface area contributed by atoms with Gasteiger partial charge in [0.25, 0.3) is 0 Å². The van der Waals surface area contributed by atoms with Gasteiger partial charge in [-0.2, -0.15) is 5.26 Å². The van der Waals surface area contributed by atoms with Crippen molar-refractivity contribution in [1.82, 2.24) is 0 Å². The summed E-state index contributed by atoms with van der Waals surface area (Å²) in [4.78, 5) is 1.53. The SMILES string of the molecule is N#CCc1ccc(-c2csc(C3CC3)c2)cc1. The monoisotopic (exact) mass is 239 g/mol. The quantitative estimate of drug-likeness (QED) is 0.780. The van der Waals surface area contributed by atoms with Crippen molar-refractivity contribution in [2.75, 3.05) is 0 Å². The van der Waals surface area contributed by atoms with Crippen molar-refractivity contribution >= 4 is 11.3 Å². The highest BCUT2D eigenvalue weighted by atomic mass is 32.1. The zero-order valence-electron chi connectivity index (χ0n) is 9.52. The molecule has 1 aromatic heterocycles. The van der Waals surface area contributed by atoms with Gasteiger partial charge in [-0.1, -0.05) is 24.3 Å². The molecule has 1 aromatic carbocycles. The van der Waals surface area contributed by atoms with Gasteiger partial charge in [-0.3, -0.25) is 0 Å². The van der Waals surface area contributed by atoms with E-state index in [4.69, 9.17) is 5.26 Å².